The summed E-state index contributed by atoms with van der Waals surface area (Å²) in [5, 5.41) is 3.55. The number of carbonyl (C=O) groups excluding carboxylic acids is 1. The lowest BCUT2D eigenvalue weighted by atomic mass is 9.85. The fraction of sp³-hybridized carbons (Fsp3) is 0.923. The lowest BCUT2D eigenvalue weighted by Gasteiger charge is -2.41. The quantitative estimate of drug-likeness (QED) is 0.704. The van der Waals surface area contributed by atoms with E-state index in [1.54, 1.807) is 0 Å². The number of hydrogen-bond donors (Lipinski definition) is 1. The van der Waals surface area contributed by atoms with Crippen molar-refractivity contribution in [2.24, 2.45) is 5.92 Å². The van der Waals surface area contributed by atoms with E-state index in [0.717, 1.165) is 26.1 Å². The van der Waals surface area contributed by atoms with E-state index in [2.05, 4.69) is 5.32 Å². The predicted molar refractivity (Wildman–Crippen MR) is 66.9 cm³/mol. The lowest BCUT2D eigenvalue weighted by molar-refractivity contribution is 0.0106. The summed E-state index contributed by atoms with van der Waals surface area (Å²) in [5.41, 5.74) is -0.390. The van der Waals surface area contributed by atoms with Gasteiger partial charge in [0, 0.05) is 19.1 Å². The smallest absolute Gasteiger partial charge is 0.410 e. The molecule has 2 heterocycles. The summed E-state index contributed by atoms with van der Waals surface area (Å²) < 4.78 is 5.42. The van der Waals surface area contributed by atoms with Gasteiger partial charge in [0.25, 0.3) is 0 Å². The summed E-state index contributed by atoms with van der Waals surface area (Å²) in [4.78, 5) is 13.8. The van der Waals surface area contributed by atoms with E-state index in [9.17, 15) is 4.79 Å². The van der Waals surface area contributed by atoms with Gasteiger partial charge in [0.1, 0.15) is 5.60 Å². The number of likely N-dealkylation sites (tertiary alicyclic amines) is 1. The van der Waals surface area contributed by atoms with Crippen LogP contribution in [-0.4, -0.2) is 42.3 Å². The van der Waals surface area contributed by atoms with E-state index in [1.165, 1.54) is 12.8 Å². The number of nitrogens with one attached hydrogen (secondary N) is 1. The highest BCUT2D eigenvalue weighted by Gasteiger charge is 2.34. The van der Waals surface area contributed by atoms with E-state index in [0.29, 0.717) is 12.0 Å². The Morgan fingerprint density at radius 3 is 2.82 bits per heavy atom. The molecule has 1 amide bonds. The largest absolute Gasteiger partial charge is 0.444 e. The van der Waals surface area contributed by atoms with Crippen LogP contribution in [-0.2, 0) is 4.74 Å². The second-order valence-electron chi connectivity index (χ2n) is 6.18. The number of hydrogen-bond acceptors (Lipinski definition) is 3. The van der Waals surface area contributed by atoms with Crippen molar-refractivity contribution < 1.29 is 9.53 Å². The van der Waals surface area contributed by atoms with Gasteiger partial charge >= 0.3 is 6.09 Å². The zero-order chi connectivity index (χ0) is 12.5. The van der Waals surface area contributed by atoms with Crippen molar-refractivity contribution in [2.45, 2.75) is 51.7 Å². The maximum absolute atomic E-state index is 12.0. The molecule has 2 fully saturated rings. The standard InChI is InChI=1S/C13H24N2O2/c1-13(2,3)17-12(16)15-8-6-11-10(9-15)5-4-7-14-11/h10-11,14H,4-9H2,1-3H3/t10-,11+/m1/s1. The molecular formula is C13H24N2O2. The van der Waals surface area contributed by atoms with Gasteiger partial charge in [0.05, 0.1) is 0 Å². The summed E-state index contributed by atoms with van der Waals surface area (Å²) in [6, 6.07) is 0.613. The number of ether oxygens (including phenoxy) is 1. The molecule has 0 unspecified atom stereocenters. The number of fused-ring (bicyclic) bond motifs is 1. The summed E-state index contributed by atoms with van der Waals surface area (Å²) >= 11 is 0. The predicted octanol–water partition coefficient (Wildman–Crippen LogP) is 2.00. The van der Waals surface area contributed by atoms with Crippen molar-refractivity contribution >= 4 is 6.09 Å². The van der Waals surface area contributed by atoms with Crippen LogP contribution in [0.15, 0.2) is 0 Å². The van der Waals surface area contributed by atoms with Gasteiger partial charge in [-0.05, 0) is 52.5 Å². The average molecular weight is 240 g/mol. The van der Waals surface area contributed by atoms with Gasteiger partial charge in [-0.2, -0.15) is 0 Å². The first-order valence-corrected chi connectivity index (χ1v) is 6.67. The molecule has 2 aliphatic heterocycles. The Kier molecular flexibility index (Phi) is 3.61. The van der Waals surface area contributed by atoms with Crippen LogP contribution in [0.3, 0.4) is 0 Å². The summed E-state index contributed by atoms with van der Waals surface area (Å²) in [6.45, 7) is 8.56. The first-order valence-electron chi connectivity index (χ1n) is 6.67. The van der Waals surface area contributed by atoms with Crippen LogP contribution in [0, 0.1) is 5.92 Å². The molecule has 0 aliphatic carbocycles. The molecule has 0 spiro atoms. The van der Waals surface area contributed by atoms with E-state index in [1.807, 2.05) is 25.7 Å². The number of amides is 1. The molecular weight excluding hydrogens is 216 g/mol. The van der Waals surface area contributed by atoms with Crippen LogP contribution in [0.25, 0.3) is 0 Å². The Labute approximate surface area is 104 Å². The van der Waals surface area contributed by atoms with Crippen LogP contribution in [0.2, 0.25) is 0 Å². The molecule has 4 heteroatoms. The highest BCUT2D eigenvalue weighted by atomic mass is 16.6. The Bertz CT molecular complexity index is 286. The lowest BCUT2D eigenvalue weighted by Crippen LogP contribution is -2.54. The van der Waals surface area contributed by atoms with Gasteiger partial charge < -0.3 is 15.0 Å². The van der Waals surface area contributed by atoms with Gasteiger partial charge in [-0.1, -0.05) is 0 Å². The van der Waals surface area contributed by atoms with Crippen molar-refractivity contribution in [1.29, 1.82) is 0 Å². The Morgan fingerprint density at radius 2 is 2.12 bits per heavy atom. The Hall–Kier alpha value is -0.770. The summed E-state index contributed by atoms with van der Waals surface area (Å²) in [7, 11) is 0. The van der Waals surface area contributed by atoms with Gasteiger partial charge in [0.15, 0.2) is 0 Å². The maximum Gasteiger partial charge on any atom is 0.410 e. The van der Waals surface area contributed by atoms with Crippen molar-refractivity contribution in [3.63, 3.8) is 0 Å². The van der Waals surface area contributed by atoms with Crippen molar-refractivity contribution in [3.8, 4) is 0 Å². The molecule has 2 aliphatic rings. The summed E-state index contributed by atoms with van der Waals surface area (Å²) in [6.07, 6.45) is 3.37. The van der Waals surface area contributed by atoms with Crippen LogP contribution in [0.1, 0.15) is 40.0 Å². The van der Waals surface area contributed by atoms with Crippen LogP contribution in [0.5, 0.6) is 0 Å². The molecule has 2 rings (SSSR count). The first-order chi connectivity index (χ1) is 7.96. The molecule has 98 valence electrons. The van der Waals surface area contributed by atoms with Crippen molar-refractivity contribution in [3.05, 3.63) is 0 Å². The van der Waals surface area contributed by atoms with Gasteiger partial charge in [-0.15, -0.1) is 0 Å². The van der Waals surface area contributed by atoms with E-state index < -0.39 is 5.60 Å². The molecule has 0 radical (unpaired) electrons. The highest BCUT2D eigenvalue weighted by Crippen LogP contribution is 2.25. The van der Waals surface area contributed by atoms with Gasteiger partial charge in [-0.3, -0.25) is 0 Å². The maximum atomic E-state index is 12.0. The normalized spacial score (nSPS) is 29.7. The molecule has 2 saturated heterocycles. The summed E-state index contributed by atoms with van der Waals surface area (Å²) in [5.74, 6) is 0.616. The average Bonchev–Trinajstić information content (AvgIpc) is 2.26. The number of rotatable bonds is 0. The van der Waals surface area contributed by atoms with Crippen LogP contribution in [0.4, 0.5) is 4.79 Å². The fourth-order valence-corrected chi connectivity index (χ4v) is 2.74. The number of piperidine rings is 2. The van der Waals surface area contributed by atoms with E-state index in [4.69, 9.17) is 4.74 Å². The minimum absolute atomic E-state index is 0.151. The third-order valence-electron chi connectivity index (χ3n) is 3.54. The SMILES string of the molecule is CC(C)(C)OC(=O)N1CC[C@@H]2NCCC[C@@H]2C1. The molecule has 0 saturated carbocycles. The topological polar surface area (TPSA) is 41.6 Å². The van der Waals surface area contributed by atoms with Gasteiger partial charge in [0.2, 0.25) is 0 Å². The molecule has 0 aromatic heterocycles. The Morgan fingerprint density at radius 1 is 1.35 bits per heavy atom. The molecule has 2 atom stereocenters. The molecule has 17 heavy (non-hydrogen) atoms. The monoisotopic (exact) mass is 240 g/mol. The number of carbonyl (C=O) groups is 1. The second-order valence-corrected chi connectivity index (χ2v) is 6.18. The second kappa shape index (κ2) is 4.84. The minimum Gasteiger partial charge on any atom is -0.444 e. The van der Waals surface area contributed by atoms with Gasteiger partial charge in [-0.25, -0.2) is 4.79 Å². The van der Waals surface area contributed by atoms with E-state index >= 15 is 0 Å². The molecule has 0 aromatic carbocycles. The number of nitrogens with zero attached hydrogens (tertiary/aromatic N) is 1. The third kappa shape index (κ3) is 3.35. The van der Waals surface area contributed by atoms with Crippen LogP contribution < -0.4 is 5.32 Å². The first kappa shape index (κ1) is 12.7. The third-order valence-corrected chi connectivity index (χ3v) is 3.54. The zero-order valence-corrected chi connectivity index (χ0v) is 11.2. The zero-order valence-electron chi connectivity index (χ0n) is 11.2. The highest BCUT2D eigenvalue weighted by molar-refractivity contribution is 5.68. The molecule has 0 aromatic rings. The molecule has 0 bridgehead atoms. The minimum atomic E-state index is -0.390. The van der Waals surface area contributed by atoms with Crippen molar-refractivity contribution in [2.75, 3.05) is 19.6 Å². The fourth-order valence-electron chi connectivity index (χ4n) is 2.74. The molecule has 4 nitrogen and oxygen atoms in total. The molecule has 1 N–H and O–H groups in total. The van der Waals surface area contributed by atoms with Crippen LogP contribution >= 0.6 is 0 Å². The Balaban J connectivity index is 1.89. The van der Waals surface area contributed by atoms with E-state index in [-0.39, 0.29) is 6.09 Å². The van der Waals surface area contributed by atoms with Crippen molar-refractivity contribution in [1.82, 2.24) is 10.2 Å².